The van der Waals surface area contributed by atoms with E-state index < -0.39 is 6.04 Å². The van der Waals surface area contributed by atoms with Crippen molar-refractivity contribution in [1.29, 1.82) is 0 Å². The van der Waals surface area contributed by atoms with E-state index in [2.05, 4.69) is 27.5 Å². The smallest absolute Gasteiger partial charge is 0.223 e. The van der Waals surface area contributed by atoms with E-state index >= 15 is 0 Å². The number of carbonyl (C=O) groups excluding carboxylic acids is 2. The Kier molecular flexibility index (Phi) is 7.87. The number of Topliss-reactive ketones (excluding diaryl/α,β-unsaturated/α-hetero) is 1. The first-order valence-electron chi connectivity index (χ1n) is 11.1. The molecule has 7 heteroatoms. The Morgan fingerprint density at radius 2 is 1.72 bits per heavy atom. The predicted molar refractivity (Wildman–Crippen MR) is 124 cm³/mol. The molecule has 1 N–H and O–H groups in total. The van der Waals surface area contributed by atoms with E-state index in [0.717, 1.165) is 35.1 Å². The number of rotatable bonds is 10. The number of carbonyl (C=O) groups is 2. The van der Waals surface area contributed by atoms with E-state index in [4.69, 9.17) is 0 Å². The van der Waals surface area contributed by atoms with Crippen molar-refractivity contribution in [1.82, 2.24) is 25.5 Å². The highest BCUT2D eigenvalue weighted by molar-refractivity contribution is 5.87. The van der Waals surface area contributed by atoms with E-state index in [-0.39, 0.29) is 17.6 Å². The Hall–Kier alpha value is -3.35. The fraction of sp³-hybridized carbons (Fsp3) is 0.400. The molecular weight excluding hydrogens is 402 g/mol. The minimum Gasteiger partial charge on any atom is -0.328 e. The molecule has 0 saturated heterocycles. The molecule has 0 aliphatic rings. The third kappa shape index (κ3) is 5.46. The Bertz CT molecular complexity index is 1030. The van der Waals surface area contributed by atoms with Crippen LogP contribution in [0.15, 0.2) is 48.5 Å². The second-order valence-electron chi connectivity index (χ2n) is 8.42. The topological polar surface area (TPSA) is 91.8 Å². The number of ketones is 1. The van der Waals surface area contributed by atoms with Gasteiger partial charge in [-0.25, -0.2) is 5.10 Å². The Balaban J connectivity index is 1.87. The highest BCUT2D eigenvalue weighted by Gasteiger charge is 2.29. The number of tetrazole rings is 1. The van der Waals surface area contributed by atoms with Gasteiger partial charge in [-0.2, -0.15) is 0 Å². The number of nitrogens with one attached hydrogen (secondary N) is 1. The van der Waals surface area contributed by atoms with Gasteiger partial charge < -0.3 is 4.90 Å². The lowest BCUT2D eigenvalue weighted by Gasteiger charge is -2.33. The SMILES string of the molecule is CCCCC(=O)N(Cc1ccc(-c2ccccc2-c2nnn[nH]2)cc1)C(C(C)=O)C(C)C. The maximum atomic E-state index is 13.0. The van der Waals surface area contributed by atoms with E-state index in [1.807, 2.05) is 62.4 Å². The second-order valence-corrected chi connectivity index (χ2v) is 8.42. The molecule has 0 radical (unpaired) electrons. The summed E-state index contributed by atoms with van der Waals surface area (Å²) in [6.07, 6.45) is 2.23. The molecule has 1 heterocycles. The van der Waals surface area contributed by atoms with Gasteiger partial charge in [-0.15, -0.1) is 5.10 Å². The van der Waals surface area contributed by atoms with Crippen LogP contribution < -0.4 is 0 Å². The molecule has 0 bridgehead atoms. The minimum absolute atomic E-state index is 0.0241. The van der Waals surface area contributed by atoms with Crippen LogP contribution in [0.5, 0.6) is 0 Å². The molecule has 1 aromatic heterocycles. The number of amides is 1. The van der Waals surface area contributed by atoms with Gasteiger partial charge in [0, 0.05) is 18.5 Å². The second kappa shape index (κ2) is 10.8. The molecule has 0 aliphatic heterocycles. The summed E-state index contributed by atoms with van der Waals surface area (Å²) < 4.78 is 0. The number of nitrogens with zero attached hydrogens (tertiary/aromatic N) is 4. The van der Waals surface area contributed by atoms with Gasteiger partial charge in [-0.3, -0.25) is 9.59 Å². The molecule has 32 heavy (non-hydrogen) atoms. The quantitative estimate of drug-likeness (QED) is 0.502. The molecule has 3 rings (SSSR count). The lowest BCUT2D eigenvalue weighted by atomic mass is 9.96. The van der Waals surface area contributed by atoms with Crippen molar-refractivity contribution in [2.75, 3.05) is 0 Å². The van der Waals surface area contributed by atoms with E-state index in [0.29, 0.717) is 18.8 Å². The minimum atomic E-state index is -0.418. The van der Waals surface area contributed by atoms with Crippen LogP contribution in [0.2, 0.25) is 0 Å². The van der Waals surface area contributed by atoms with Crippen molar-refractivity contribution < 1.29 is 9.59 Å². The van der Waals surface area contributed by atoms with Gasteiger partial charge in [0.1, 0.15) is 0 Å². The van der Waals surface area contributed by atoms with Crippen LogP contribution in [-0.4, -0.2) is 43.3 Å². The first-order valence-corrected chi connectivity index (χ1v) is 11.1. The molecule has 168 valence electrons. The van der Waals surface area contributed by atoms with Crippen LogP contribution in [-0.2, 0) is 16.1 Å². The Morgan fingerprint density at radius 1 is 1.03 bits per heavy atom. The van der Waals surface area contributed by atoms with E-state index in [9.17, 15) is 9.59 Å². The summed E-state index contributed by atoms with van der Waals surface area (Å²) in [5.41, 5.74) is 3.94. The predicted octanol–water partition coefficient (Wildman–Crippen LogP) is 4.67. The summed E-state index contributed by atoms with van der Waals surface area (Å²) in [6.45, 7) is 8.03. The number of hydrogen-bond acceptors (Lipinski definition) is 5. The molecular formula is C25H31N5O2. The number of aromatic nitrogens is 4. The van der Waals surface area contributed by atoms with Crippen LogP contribution in [0.25, 0.3) is 22.5 Å². The molecule has 1 unspecified atom stereocenters. The Morgan fingerprint density at radius 3 is 2.28 bits per heavy atom. The maximum absolute atomic E-state index is 13.0. The van der Waals surface area contributed by atoms with Gasteiger partial charge >= 0.3 is 0 Å². The highest BCUT2D eigenvalue weighted by Crippen LogP contribution is 2.30. The maximum Gasteiger partial charge on any atom is 0.223 e. The van der Waals surface area contributed by atoms with Gasteiger partial charge in [0.2, 0.25) is 5.91 Å². The average molecular weight is 434 g/mol. The fourth-order valence-corrected chi connectivity index (χ4v) is 4.06. The molecule has 0 fully saturated rings. The summed E-state index contributed by atoms with van der Waals surface area (Å²) in [4.78, 5) is 27.1. The third-order valence-electron chi connectivity index (χ3n) is 5.59. The summed E-state index contributed by atoms with van der Waals surface area (Å²) in [5.74, 6) is 0.724. The number of H-pyrrole nitrogens is 1. The fourth-order valence-electron chi connectivity index (χ4n) is 4.06. The molecule has 7 nitrogen and oxygen atoms in total. The van der Waals surface area contributed by atoms with Crippen LogP contribution in [0, 0.1) is 5.92 Å². The van der Waals surface area contributed by atoms with Gasteiger partial charge in [0.05, 0.1) is 6.04 Å². The number of unbranched alkanes of at least 4 members (excludes halogenated alkanes) is 1. The van der Waals surface area contributed by atoms with Crippen LogP contribution >= 0.6 is 0 Å². The van der Waals surface area contributed by atoms with Crippen molar-refractivity contribution in [3.63, 3.8) is 0 Å². The molecule has 3 aromatic rings. The van der Waals surface area contributed by atoms with Crippen LogP contribution in [0.4, 0.5) is 0 Å². The number of benzene rings is 2. The first-order chi connectivity index (χ1) is 15.4. The molecule has 1 amide bonds. The van der Waals surface area contributed by atoms with Crippen molar-refractivity contribution >= 4 is 11.7 Å². The molecule has 0 spiro atoms. The van der Waals surface area contributed by atoms with E-state index in [1.54, 1.807) is 11.8 Å². The summed E-state index contributed by atoms with van der Waals surface area (Å²) in [5, 5.41) is 14.2. The summed E-state index contributed by atoms with van der Waals surface area (Å²) in [6, 6.07) is 15.6. The average Bonchev–Trinajstić information content (AvgIpc) is 3.32. The largest absolute Gasteiger partial charge is 0.328 e. The molecule has 0 aliphatic carbocycles. The van der Waals surface area contributed by atoms with Gasteiger partial charge in [0.15, 0.2) is 11.6 Å². The normalized spacial score (nSPS) is 12.0. The van der Waals surface area contributed by atoms with Gasteiger partial charge in [-0.1, -0.05) is 75.7 Å². The van der Waals surface area contributed by atoms with Crippen molar-refractivity contribution in [3.05, 3.63) is 54.1 Å². The van der Waals surface area contributed by atoms with Crippen molar-refractivity contribution in [2.24, 2.45) is 5.92 Å². The van der Waals surface area contributed by atoms with Crippen molar-refractivity contribution in [2.45, 2.75) is 59.5 Å². The molecule has 2 aromatic carbocycles. The van der Waals surface area contributed by atoms with E-state index in [1.165, 1.54) is 0 Å². The monoisotopic (exact) mass is 433 g/mol. The first kappa shape index (κ1) is 23.3. The molecule has 0 saturated carbocycles. The standard InChI is InChI=1S/C25H31N5O2/c1-5-6-11-23(32)30(24(17(2)3)18(4)31)16-19-12-14-20(15-13-19)21-9-7-8-10-22(21)25-26-28-29-27-25/h7-10,12-15,17,24H,5-6,11,16H2,1-4H3,(H,26,27,28,29). The van der Waals surface area contributed by atoms with Crippen molar-refractivity contribution in [3.8, 4) is 22.5 Å². The van der Waals surface area contributed by atoms with Gasteiger partial charge in [-0.05, 0) is 46.4 Å². The third-order valence-corrected chi connectivity index (χ3v) is 5.59. The van der Waals surface area contributed by atoms with Crippen LogP contribution in [0.3, 0.4) is 0 Å². The zero-order valence-electron chi connectivity index (χ0n) is 19.2. The zero-order valence-corrected chi connectivity index (χ0v) is 19.2. The molecule has 1 atom stereocenters. The Labute approximate surface area is 189 Å². The zero-order chi connectivity index (χ0) is 23.1. The number of aromatic amines is 1. The summed E-state index contributed by atoms with van der Waals surface area (Å²) >= 11 is 0. The lowest BCUT2D eigenvalue weighted by molar-refractivity contribution is -0.141. The highest BCUT2D eigenvalue weighted by atomic mass is 16.2. The lowest BCUT2D eigenvalue weighted by Crippen LogP contribution is -2.46. The van der Waals surface area contributed by atoms with Crippen LogP contribution in [0.1, 0.15) is 52.5 Å². The van der Waals surface area contributed by atoms with Gasteiger partial charge in [0.25, 0.3) is 0 Å². The number of hydrogen-bond donors (Lipinski definition) is 1. The summed E-state index contributed by atoms with van der Waals surface area (Å²) in [7, 11) is 0.